The number of thiazole rings is 1. The van der Waals surface area contributed by atoms with Crippen LogP contribution in [0.25, 0.3) is 10.2 Å². The highest BCUT2D eigenvalue weighted by Crippen LogP contribution is 2.32. The first kappa shape index (κ1) is 20.0. The van der Waals surface area contributed by atoms with Crippen LogP contribution in [0, 0.1) is 6.92 Å². The van der Waals surface area contributed by atoms with Crippen LogP contribution < -0.4 is 4.90 Å². The first-order chi connectivity index (χ1) is 14.1. The van der Waals surface area contributed by atoms with Crippen molar-refractivity contribution in [3.8, 4) is 0 Å². The molecule has 1 saturated heterocycles. The molecule has 0 atom stereocenters. The van der Waals surface area contributed by atoms with Crippen LogP contribution in [-0.4, -0.2) is 65.0 Å². The summed E-state index contributed by atoms with van der Waals surface area (Å²) in [5, 5.41) is 5.01. The van der Waals surface area contributed by atoms with E-state index in [-0.39, 0.29) is 5.91 Å². The molecule has 0 bridgehead atoms. The fraction of sp³-hybridized carbons (Fsp3) is 0.476. The Morgan fingerprint density at radius 3 is 2.79 bits per heavy atom. The van der Waals surface area contributed by atoms with Crippen LogP contribution in [0.1, 0.15) is 28.5 Å². The number of benzene rings is 1. The van der Waals surface area contributed by atoms with E-state index >= 15 is 0 Å². The van der Waals surface area contributed by atoms with Crippen LogP contribution in [0.2, 0.25) is 0 Å². The van der Waals surface area contributed by atoms with Crippen LogP contribution >= 0.6 is 11.3 Å². The Hall–Kier alpha value is -2.29. The molecule has 0 spiro atoms. The second kappa shape index (κ2) is 8.61. The van der Waals surface area contributed by atoms with Gasteiger partial charge in [-0.1, -0.05) is 30.4 Å². The van der Waals surface area contributed by atoms with Crippen molar-refractivity contribution in [2.45, 2.75) is 20.3 Å². The Kier molecular flexibility index (Phi) is 5.94. The molecule has 1 aliphatic rings. The molecule has 1 aliphatic heterocycles. The fourth-order valence-electron chi connectivity index (χ4n) is 3.73. The van der Waals surface area contributed by atoms with Gasteiger partial charge in [-0.15, -0.1) is 0 Å². The Labute approximate surface area is 174 Å². The van der Waals surface area contributed by atoms with Crippen molar-refractivity contribution in [2.75, 3.05) is 44.3 Å². The van der Waals surface area contributed by atoms with Gasteiger partial charge >= 0.3 is 0 Å². The van der Waals surface area contributed by atoms with Crippen LogP contribution in [0.3, 0.4) is 0 Å². The van der Waals surface area contributed by atoms with E-state index in [0.29, 0.717) is 12.2 Å². The Balaban J connectivity index is 1.68. The molecular formula is C21H27N5O2S. The molecule has 0 aliphatic carbocycles. The number of hydrogen-bond acceptors (Lipinski definition) is 6. The summed E-state index contributed by atoms with van der Waals surface area (Å²) in [5.41, 5.74) is 3.70. The number of fused-ring (bicyclic) bond motifs is 1. The zero-order chi connectivity index (χ0) is 20.4. The van der Waals surface area contributed by atoms with Gasteiger partial charge in [0.2, 0.25) is 0 Å². The van der Waals surface area contributed by atoms with Gasteiger partial charge < -0.3 is 4.74 Å². The van der Waals surface area contributed by atoms with Gasteiger partial charge in [-0.3, -0.25) is 19.3 Å². The summed E-state index contributed by atoms with van der Waals surface area (Å²) in [6.45, 7) is 8.72. The molecule has 7 nitrogen and oxygen atoms in total. The predicted octanol–water partition coefficient (Wildman–Crippen LogP) is 2.88. The monoisotopic (exact) mass is 413 g/mol. The Morgan fingerprint density at radius 1 is 1.31 bits per heavy atom. The molecule has 0 saturated carbocycles. The second-order valence-corrected chi connectivity index (χ2v) is 8.33. The summed E-state index contributed by atoms with van der Waals surface area (Å²) in [6.07, 6.45) is 2.66. The number of carbonyl (C=O) groups excluding carboxylic acids is 1. The van der Waals surface area contributed by atoms with Gasteiger partial charge in [-0.05, 0) is 30.5 Å². The van der Waals surface area contributed by atoms with Crippen molar-refractivity contribution in [3.63, 3.8) is 0 Å². The summed E-state index contributed by atoms with van der Waals surface area (Å²) in [7, 11) is 1.81. The van der Waals surface area contributed by atoms with Crippen LogP contribution in [0.4, 0.5) is 5.13 Å². The fourth-order valence-corrected chi connectivity index (χ4v) is 4.77. The van der Waals surface area contributed by atoms with Gasteiger partial charge in [0.05, 0.1) is 29.6 Å². The number of rotatable bonds is 6. The second-order valence-electron chi connectivity index (χ2n) is 7.32. The predicted molar refractivity (Wildman–Crippen MR) is 116 cm³/mol. The molecule has 3 heterocycles. The molecule has 2 aromatic heterocycles. The average molecular weight is 414 g/mol. The summed E-state index contributed by atoms with van der Waals surface area (Å²) in [6, 6.07) is 6.25. The molecule has 154 valence electrons. The number of aromatic nitrogens is 3. The van der Waals surface area contributed by atoms with Crippen LogP contribution in [0.15, 0.2) is 24.4 Å². The normalized spacial score (nSPS) is 15.1. The summed E-state index contributed by atoms with van der Waals surface area (Å²) in [5.74, 6) is -0.0483. The molecular weight excluding hydrogens is 386 g/mol. The number of aryl methyl sites for hydroxylation is 3. The summed E-state index contributed by atoms with van der Waals surface area (Å²) in [4.78, 5) is 22.6. The zero-order valence-corrected chi connectivity index (χ0v) is 18.0. The van der Waals surface area contributed by atoms with Crippen molar-refractivity contribution >= 4 is 32.6 Å². The highest BCUT2D eigenvalue weighted by molar-refractivity contribution is 7.22. The van der Waals surface area contributed by atoms with Crippen molar-refractivity contribution in [1.29, 1.82) is 0 Å². The van der Waals surface area contributed by atoms with E-state index in [1.54, 1.807) is 22.2 Å². The van der Waals surface area contributed by atoms with Gasteiger partial charge in [-0.25, -0.2) is 4.98 Å². The average Bonchev–Trinajstić information content (AvgIpc) is 3.31. The standard InChI is InChI=1S/C21H27N5O2S/c1-4-16-6-5-7-17-18(16)23-21(29-17)26(9-8-25-10-12-28-13-11-25)20(27)19-15(2)14-22-24(19)3/h5-7,14H,4,8-13H2,1-3H3. The molecule has 3 aromatic rings. The SMILES string of the molecule is CCc1cccc2sc(N(CCN3CCOCC3)C(=O)c3c(C)cnn3C)nc12. The molecule has 1 amide bonds. The topological polar surface area (TPSA) is 63.5 Å². The molecule has 29 heavy (non-hydrogen) atoms. The minimum absolute atomic E-state index is 0.0483. The van der Waals surface area contributed by atoms with Crippen molar-refractivity contribution < 1.29 is 9.53 Å². The maximum Gasteiger partial charge on any atom is 0.278 e. The lowest BCUT2D eigenvalue weighted by atomic mass is 10.1. The van der Waals surface area contributed by atoms with E-state index in [2.05, 4.69) is 35.1 Å². The van der Waals surface area contributed by atoms with Crippen LogP contribution in [0.5, 0.6) is 0 Å². The Bertz CT molecular complexity index is 986. The minimum atomic E-state index is -0.0483. The maximum absolute atomic E-state index is 13.5. The third kappa shape index (κ3) is 4.05. The van der Waals surface area contributed by atoms with Gasteiger partial charge in [-0.2, -0.15) is 5.10 Å². The van der Waals surface area contributed by atoms with E-state index < -0.39 is 0 Å². The molecule has 0 N–H and O–H groups in total. The molecule has 1 fully saturated rings. The lowest BCUT2D eigenvalue weighted by molar-refractivity contribution is 0.0391. The summed E-state index contributed by atoms with van der Waals surface area (Å²) < 4.78 is 8.22. The van der Waals surface area contributed by atoms with Crippen molar-refractivity contribution in [1.82, 2.24) is 19.7 Å². The van der Waals surface area contributed by atoms with Gasteiger partial charge in [0.15, 0.2) is 5.13 Å². The lowest BCUT2D eigenvalue weighted by Crippen LogP contribution is -2.43. The Morgan fingerprint density at radius 2 is 2.10 bits per heavy atom. The van der Waals surface area contributed by atoms with Crippen molar-refractivity contribution in [3.05, 3.63) is 41.2 Å². The molecule has 0 unspecified atom stereocenters. The molecule has 1 aromatic carbocycles. The smallest absolute Gasteiger partial charge is 0.278 e. The first-order valence-corrected chi connectivity index (χ1v) is 10.9. The van der Waals surface area contributed by atoms with E-state index in [0.717, 1.165) is 60.2 Å². The van der Waals surface area contributed by atoms with Gasteiger partial charge in [0, 0.05) is 33.2 Å². The number of anilines is 1. The number of morpholine rings is 1. The van der Waals surface area contributed by atoms with Gasteiger partial charge in [0.25, 0.3) is 5.91 Å². The molecule has 4 rings (SSSR count). The third-order valence-corrected chi connectivity index (χ3v) is 6.46. The quantitative estimate of drug-likeness (QED) is 0.622. The third-order valence-electron chi connectivity index (χ3n) is 5.42. The number of amides is 1. The van der Waals surface area contributed by atoms with E-state index in [9.17, 15) is 4.79 Å². The number of nitrogens with zero attached hydrogens (tertiary/aromatic N) is 5. The number of carbonyl (C=O) groups is 1. The van der Waals surface area contributed by atoms with E-state index in [1.807, 2.05) is 18.9 Å². The molecule has 8 heteroatoms. The lowest BCUT2D eigenvalue weighted by Gasteiger charge is -2.29. The first-order valence-electron chi connectivity index (χ1n) is 10.1. The van der Waals surface area contributed by atoms with E-state index in [1.165, 1.54) is 5.56 Å². The highest BCUT2D eigenvalue weighted by Gasteiger charge is 2.26. The maximum atomic E-state index is 13.5. The highest BCUT2D eigenvalue weighted by atomic mass is 32.1. The van der Waals surface area contributed by atoms with Crippen LogP contribution in [-0.2, 0) is 18.2 Å². The van der Waals surface area contributed by atoms with Crippen molar-refractivity contribution in [2.24, 2.45) is 7.05 Å². The minimum Gasteiger partial charge on any atom is -0.379 e. The largest absolute Gasteiger partial charge is 0.379 e. The van der Waals surface area contributed by atoms with Gasteiger partial charge in [0.1, 0.15) is 5.69 Å². The number of ether oxygens (including phenoxy) is 1. The zero-order valence-electron chi connectivity index (χ0n) is 17.2. The number of hydrogen-bond donors (Lipinski definition) is 0. The number of para-hydroxylation sites is 1. The summed E-state index contributed by atoms with van der Waals surface area (Å²) >= 11 is 1.58. The van der Waals surface area contributed by atoms with E-state index in [4.69, 9.17) is 9.72 Å². The molecule has 0 radical (unpaired) electrons.